The van der Waals surface area contributed by atoms with Gasteiger partial charge in [-0.1, -0.05) is 12.1 Å². The van der Waals surface area contributed by atoms with Crippen molar-refractivity contribution >= 4 is 5.91 Å². The number of benzene rings is 1. The van der Waals surface area contributed by atoms with Gasteiger partial charge in [0.05, 0.1) is 13.2 Å². The summed E-state index contributed by atoms with van der Waals surface area (Å²) in [5.41, 5.74) is 5.09. The van der Waals surface area contributed by atoms with Gasteiger partial charge >= 0.3 is 0 Å². The molecule has 0 radical (unpaired) electrons. The van der Waals surface area contributed by atoms with Crippen LogP contribution in [-0.2, 0) is 16.1 Å². The Morgan fingerprint density at radius 1 is 1.16 bits per heavy atom. The molecule has 0 saturated heterocycles. The molecule has 0 aliphatic heterocycles. The SMILES string of the molecule is COCCNC(=O)CNCc1cc(C)c(C)cc1C. The number of methoxy groups -OCH3 is 1. The Morgan fingerprint density at radius 3 is 2.53 bits per heavy atom. The van der Waals surface area contributed by atoms with Crippen molar-refractivity contribution in [3.63, 3.8) is 0 Å². The summed E-state index contributed by atoms with van der Waals surface area (Å²) in [5, 5.41) is 5.94. The molecule has 0 aromatic heterocycles. The predicted octanol–water partition coefficient (Wildman–Crippen LogP) is 1.46. The molecule has 0 bridgehead atoms. The van der Waals surface area contributed by atoms with E-state index >= 15 is 0 Å². The Labute approximate surface area is 115 Å². The minimum absolute atomic E-state index is 0.00135. The van der Waals surface area contributed by atoms with Crippen molar-refractivity contribution in [2.24, 2.45) is 0 Å². The fourth-order valence-corrected chi connectivity index (χ4v) is 1.88. The summed E-state index contributed by atoms with van der Waals surface area (Å²) in [6.07, 6.45) is 0. The van der Waals surface area contributed by atoms with E-state index in [2.05, 4.69) is 43.5 Å². The summed E-state index contributed by atoms with van der Waals surface area (Å²) in [6, 6.07) is 4.37. The van der Waals surface area contributed by atoms with Gasteiger partial charge in [0, 0.05) is 20.2 Å². The van der Waals surface area contributed by atoms with Gasteiger partial charge in [0.25, 0.3) is 0 Å². The lowest BCUT2D eigenvalue weighted by Gasteiger charge is -2.11. The van der Waals surface area contributed by atoms with Crippen LogP contribution in [0.5, 0.6) is 0 Å². The quantitative estimate of drug-likeness (QED) is 0.733. The van der Waals surface area contributed by atoms with Crippen molar-refractivity contribution < 1.29 is 9.53 Å². The Balaban J connectivity index is 2.37. The van der Waals surface area contributed by atoms with Gasteiger partial charge in [-0.2, -0.15) is 0 Å². The molecule has 1 amide bonds. The number of amides is 1. The second kappa shape index (κ2) is 7.92. The van der Waals surface area contributed by atoms with E-state index in [1.807, 2.05) is 0 Å². The van der Waals surface area contributed by atoms with Crippen molar-refractivity contribution in [2.45, 2.75) is 27.3 Å². The third-order valence-electron chi connectivity index (χ3n) is 3.18. The average molecular weight is 264 g/mol. The largest absolute Gasteiger partial charge is 0.383 e. The first-order valence-corrected chi connectivity index (χ1v) is 6.57. The molecule has 106 valence electrons. The minimum Gasteiger partial charge on any atom is -0.383 e. The zero-order valence-corrected chi connectivity index (χ0v) is 12.3. The number of hydrogen-bond acceptors (Lipinski definition) is 3. The van der Waals surface area contributed by atoms with Crippen LogP contribution in [0.15, 0.2) is 12.1 Å². The highest BCUT2D eigenvalue weighted by molar-refractivity contribution is 5.77. The fourth-order valence-electron chi connectivity index (χ4n) is 1.88. The first-order valence-electron chi connectivity index (χ1n) is 6.57. The molecule has 0 unspecified atom stereocenters. The topological polar surface area (TPSA) is 50.4 Å². The predicted molar refractivity (Wildman–Crippen MR) is 77.2 cm³/mol. The van der Waals surface area contributed by atoms with Crippen molar-refractivity contribution in [1.29, 1.82) is 0 Å². The summed E-state index contributed by atoms with van der Waals surface area (Å²) < 4.78 is 4.87. The standard InChI is InChI=1S/C15H24N2O2/c1-11-7-13(3)14(8-12(11)2)9-16-10-15(18)17-5-6-19-4/h7-8,16H,5-6,9-10H2,1-4H3,(H,17,18). The van der Waals surface area contributed by atoms with E-state index in [1.54, 1.807) is 7.11 Å². The number of rotatable bonds is 7. The van der Waals surface area contributed by atoms with E-state index < -0.39 is 0 Å². The highest BCUT2D eigenvalue weighted by Crippen LogP contribution is 2.14. The molecule has 2 N–H and O–H groups in total. The smallest absolute Gasteiger partial charge is 0.234 e. The zero-order chi connectivity index (χ0) is 14.3. The second-order valence-corrected chi connectivity index (χ2v) is 4.81. The normalized spacial score (nSPS) is 10.5. The zero-order valence-electron chi connectivity index (χ0n) is 12.3. The van der Waals surface area contributed by atoms with Crippen LogP contribution in [0.25, 0.3) is 0 Å². The minimum atomic E-state index is -0.00135. The Bertz CT molecular complexity index is 430. The molecule has 19 heavy (non-hydrogen) atoms. The van der Waals surface area contributed by atoms with Crippen LogP contribution in [-0.4, -0.2) is 32.7 Å². The van der Waals surface area contributed by atoms with Crippen LogP contribution in [0.1, 0.15) is 22.3 Å². The van der Waals surface area contributed by atoms with Gasteiger partial charge in [0.2, 0.25) is 5.91 Å². The summed E-state index contributed by atoms with van der Waals surface area (Å²) in [4.78, 5) is 11.5. The lowest BCUT2D eigenvalue weighted by molar-refractivity contribution is -0.120. The molecular weight excluding hydrogens is 240 g/mol. The molecule has 0 spiro atoms. The van der Waals surface area contributed by atoms with Crippen LogP contribution < -0.4 is 10.6 Å². The van der Waals surface area contributed by atoms with E-state index in [4.69, 9.17) is 4.74 Å². The number of nitrogens with one attached hydrogen (secondary N) is 2. The van der Waals surface area contributed by atoms with Crippen LogP contribution >= 0.6 is 0 Å². The fraction of sp³-hybridized carbons (Fsp3) is 0.533. The van der Waals surface area contributed by atoms with Gasteiger partial charge in [-0.05, 0) is 43.0 Å². The second-order valence-electron chi connectivity index (χ2n) is 4.81. The molecule has 0 heterocycles. The maximum absolute atomic E-state index is 11.5. The average Bonchev–Trinajstić information content (AvgIpc) is 2.36. The van der Waals surface area contributed by atoms with Crippen LogP contribution in [0.3, 0.4) is 0 Å². The lowest BCUT2D eigenvalue weighted by atomic mass is 10.0. The highest BCUT2D eigenvalue weighted by atomic mass is 16.5. The lowest BCUT2D eigenvalue weighted by Crippen LogP contribution is -2.35. The number of aryl methyl sites for hydroxylation is 3. The van der Waals surface area contributed by atoms with E-state index in [-0.39, 0.29) is 5.91 Å². The van der Waals surface area contributed by atoms with Crippen LogP contribution in [0, 0.1) is 20.8 Å². The maximum atomic E-state index is 11.5. The molecule has 0 atom stereocenters. The van der Waals surface area contributed by atoms with Gasteiger partial charge in [-0.25, -0.2) is 0 Å². The van der Waals surface area contributed by atoms with E-state index in [1.165, 1.54) is 22.3 Å². The summed E-state index contributed by atoms with van der Waals surface area (Å²) in [5.74, 6) is -0.00135. The van der Waals surface area contributed by atoms with Crippen molar-refractivity contribution in [3.05, 3.63) is 34.4 Å². The molecule has 0 aliphatic carbocycles. The molecule has 4 nitrogen and oxygen atoms in total. The van der Waals surface area contributed by atoms with E-state index in [0.717, 1.165) is 0 Å². The number of carbonyl (C=O) groups excluding carboxylic acids is 1. The summed E-state index contributed by atoms with van der Waals surface area (Å²) in [6.45, 7) is 8.46. The Hall–Kier alpha value is -1.39. The first-order chi connectivity index (χ1) is 9.04. The van der Waals surface area contributed by atoms with Crippen molar-refractivity contribution in [1.82, 2.24) is 10.6 Å². The monoisotopic (exact) mass is 264 g/mol. The van der Waals surface area contributed by atoms with Gasteiger partial charge in [0.1, 0.15) is 0 Å². The van der Waals surface area contributed by atoms with E-state index in [9.17, 15) is 4.79 Å². The number of carbonyl (C=O) groups is 1. The van der Waals surface area contributed by atoms with Crippen molar-refractivity contribution in [3.8, 4) is 0 Å². The molecule has 1 rings (SSSR count). The molecular formula is C15H24N2O2. The third-order valence-corrected chi connectivity index (χ3v) is 3.18. The van der Waals surface area contributed by atoms with Crippen LogP contribution in [0.4, 0.5) is 0 Å². The molecule has 0 aliphatic rings. The maximum Gasteiger partial charge on any atom is 0.234 e. The Morgan fingerprint density at radius 2 is 1.84 bits per heavy atom. The van der Waals surface area contributed by atoms with Crippen molar-refractivity contribution in [2.75, 3.05) is 26.8 Å². The molecule has 1 aromatic rings. The van der Waals surface area contributed by atoms with Gasteiger partial charge in [-0.3, -0.25) is 4.79 Å². The molecule has 0 saturated carbocycles. The summed E-state index contributed by atoms with van der Waals surface area (Å²) in [7, 11) is 1.62. The third kappa shape index (κ3) is 5.41. The number of ether oxygens (including phenoxy) is 1. The highest BCUT2D eigenvalue weighted by Gasteiger charge is 2.03. The van der Waals surface area contributed by atoms with E-state index in [0.29, 0.717) is 26.2 Å². The first kappa shape index (κ1) is 15.7. The van der Waals surface area contributed by atoms with Gasteiger partial charge < -0.3 is 15.4 Å². The van der Waals surface area contributed by atoms with Crippen LogP contribution in [0.2, 0.25) is 0 Å². The van der Waals surface area contributed by atoms with Gasteiger partial charge in [-0.15, -0.1) is 0 Å². The van der Waals surface area contributed by atoms with Gasteiger partial charge in [0.15, 0.2) is 0 Å². The molecule has 1 aromatic carbocycles. The number of hydrogen-bond donors (Lipinski definition) is 2. The molecule has 4 heteroatoms. The summed E-state index contributed by atoms with van der Waals surface area (Å²) >= 11 is 0. The Kier molecular flexibility index (Phi) is 6.53. The molecule has 0 fully saturated rings.